The van der Waals surface area contributed by atoms with E-state index in [-0.39, 0.29) is 47.7 Å². The van der Waals surface area contributed by atoms with E-state index < -0.39 is 0 Å². The molecule has 0 bridgehead atoms. The number of benzene rings is 2. The fraction of sp³-hybridized carbons (Fsp3) is 0. The third-order valence-corrected chi connectivity index (χ3v) is 4.01. The molecule has 150 valence electrons. The quantitative estimate of drug-likeness (QED) is 0.218. The van der Waals surface area contributed by atoms with Gasteiger partial charge in [-0.2, -0.15) is 36.4 Å². The second kappa shape index (κ2) is 16.6. The van der Waals surface area contributed by atoms with Gasteiger partial charge in [-0.15, -0.1) is 0 Å². The Labute approximate surface area is 210 Å². The molecule has 0 aliphatic heterocycles. The van der Waals surface area contributed by atoms with Crippen LogP contribution in [0, 0.1) is 0 Å². The molecule has 7 heteroatoms. The average Bonchev–Trinajstić information content (AvgIpc) is 3.41. The molecule has 0 unspecified atom stereocenters. The van der Waals surface area contributed by atoms with Crippen molar-refractivity contribution in [2.24, 2.45) is 0 Å². The Morgan fingerprint density at radius 2 is 0.862 bits per heavy atom. The van der Waals surface area contributed by atoms with Crippen LogP contribution in [-0.4, -0.2) is 10.2 Å². The Morgan fingerprint density at radius 3 is 1.03 bits per heavy atom. The number of phenols is 2. The number of aromatic hydroxyl groups is 2. The molecule has 0 fully saturated rings. The molecule has 0 saturated heterocycles. The Hall–Kier alpha value is -1.22. The van der Waals surface area contributed by atoms with Crippen LogP contribution in [0.25, 0.3) is 0 Å². The van der Waals surface area contributed by atoms with E-state index >= 15 is 0 Å². The average molecular weight is 547 g/mol. The number of halogens is 4. The molecule has 0 amide bonds. The first-order chi connectivity index (χ1) is 13.4. The maximum atomic E-state index is 8.85. The molecule has 0 radical (unpaired) electrons. The standard InChI is InChI=1S/2C6H4Cl2O.2C5H5.Zr/c2*7-4-1-2-6(9)5(8)3-4;2*1-2-4-5-3-1;/h2*1-3,9H;2*1-5H;/q;;2*-1;+2. The molecule has 2 N–H and O–H groups in total. The Kier molecular flexibility index (Phi) is 15.9. The first kappa shape index (κ1) is 27.8. The minimum atomic E-state index is 0. The van der Waals surface area contributed by atoms with Crippen molar-refractivity contribution in [2.75, 3.05) is 0 Å². The van der Waals surface area contributed by atoms with Gasteiger partial charge in [0.2, 0.25) is 0 Å². The monoisotopic (exact) mass is 544 g/mol. The summed E-state index contributed by atoms with van der Waals surface area (Å²) >= 11 is 22.0. The van der Waals surface area contributed by atoms with Gasteiger partial charge in [-0.05, 0) is 36.4 Å². The van der Waals surface area contributed by atoms with Crippen molar-refractivity contribution in [2.45, 2.75) is 0 Å². The number of rotatable bonds is 0. The van der Waals surface area contributed by atoms with E-state index in [2.05, 4.69) is 0 Å². The van der Waals surface area contributed by atoms with Crippen molar-refractivity contribution in [1.29, 1.82) is 0 Å². The molecule has 29 heavy (non-hydrogen) atoms. The first-order valence-electron chi connectivity index (χ1n) is 8.01. The molecule has 0 heterocycles. The van der Waals surface area contributed by atoms with Crippen LogP contribution in [0.3, 0.4) is 0 Å². The predicted molar refractivity (Wildman–Crippen MR) is 120 cm³/mol. The molecule has 0 atom stereocenters. The molecule has 0 spiro atoms. The largest absolute Gasteiger partial charge is 2.00 e. The van der Waals surface area contributed by atoms with Gasteiger partial charge in [0, 0.05) is 10.0 Å². The van der Waals surface area contributed by atoms with Crippen molar-refractivity contribution in [3.05, 3.63) is 117 Å². The van der Waals surface area contributed by atoms with Crippen LogP contribution in [0.5, 0.6) is 11.5 Å². The van der Waals surface area contributed by atoms with Crippen LogP contribution in [0.15, 0.2) is 97.1 Å². The molecule has 4 aromatic rings. The zero-order valence-electron chi connectivity index (χ0n) is 15.1. The zero-order chi connectivity index (χ0) is 20.8. The van der Waals surface area contributed by atoms with Gasteiger partial charge in [0.25, 0.3) is 0 Å². The van der Waals surface area contributed by atoms with Crippen LogP contribution in [0.2, 0.25) is 20.1 Å². The summed E-state index contributed by atoms with van der Waals surface area (Å²) in [5.41, 5.74) is 0. The van der Waals surface area contributed by atoms with E-state index in [1.54, 1.807) is 12.1 Å². The van der Waals surface area contributed by atoms with Crippen LogP contribution in [-0.2, 0) is 26.2 Å². The van der Waals surface area contributed by atoms with Crippen LogP contribution < -0.4 is 0 Å². The molecule has 0 aliphatic carbocycles. The van der Waals surface area contributed by atoms with Gasteiger partial charge in [-0.3, -0.25) is 0 Å². The van der Waals surface area contributed by atoms with E-state index in [0.29, 0.717) is 10.0 Å². The Morgan fingerprint density at radius 1 is 0.552 bits per heavy atom. The van der Waals surface area contributed by atoms with Crippen molar-refractivity contribution >= 4 is 46.4 Å². The molecule has 0 saturated carbocycles. The van der Waals surface area contributed by atoms with E-state index in [1.807, 2.05) is 60.7 Å². The third-order valence-electron chi connectivity index (χ3n) is 2.93. The van der Waals surface area contributed by atoms with E-state index in [1.165, 1.54) is 24.3 Å². The van der Waals surface area contributed by atoms with Gasteiger partial charge in [-0.1, -0.05) is 46.4 Å². The molecular formula is C22H18Cl4O2Zr. The summed E-state index contributed by atoms with van der Waals surface area (Å²) in [7, 11) is 0. The van der Waals surface area contributed by atoms with Gasteiger partial charge in [-0.25, -0.2) is 24.3 Å². The Balaban J connectivity index is 0.000000369. The predicted octanol–water partition coefficient (Wildman–Crippen LogP) is 8.21. The summed E-state index contributed by atoms with van der Waals surface area (Å²) in [6.45, 7) is 0. The van der Waals surface area contributed by atoms with Gasteiger partial charge in [0.1, 0.15) is 11.5 Å². The fourth-order valence-electron chi connectivity index (χ4n) is 1.60. The molecule has 0 aromatic heterocycles. The topological polar surface area (TPSA) is 40.5 Å². The number of phenolic OH excluding ortho intramolecular Hbond substituents is 2. The van der Waals surface area contributed by atoms with Crippen LogP contribution in [0.1, 0.15) is 0 Å². The molecule has 4 rings (SSSR count). The van der Waals surface area contributed by atoms with Crippen molar-refractivity contribution < 1.29 is 36.4 Å². The van der Waals surface area contributed by atoms with Gasteiger partial charge in [0.15, 0.2) is 0 Å². The van der Waals surface area contributed by atoms with Gasteiger partial charge >= 0.3 is 26.2 Å². The van der Waals surface area contributed by atoms with Crippen LogP contribution in [0.4, 0.5) is 0 Å². The van der Waals surface area contributed by atoms with Gasteiger partial charge in [0.05, 0.1) is 10.0 Å². The zero-order valence-corrected chi connectivity index (χ0v) is 20.6. The van der Waals surface area contributed by atoms with E-state index in [0.717, 1.165) is 0 Å². The SMILES string of the molecule is Oc1ccc(Cl)cc1Cl.Oc1ccc(Cl)cc1Cl.[Zr+2].c1cc[cH-]c1.c1cc[cH-]c1. The van der Waals surface area contributed by atoms with E-state index in [9.17, 15) is 0 Å². The third kappa shape index (κ3) is 13.6. The maximum Gasteiger partial charge on any atom is 2.00 e. The maximum absolute atomic E-state index is 8.85. The summed E-state index contributed by atoms with van der Waals surface area (Å²) in [5, 5.41) is 19.3. The first-order valence-corrected chi connectivity index (χ1v) is 9.52. The molecule has 0 aliphatic rings. The second-order valence-corrected chi connectivity index (χ2v) is 6.80. The summed E-state index contributed by atoms with van der Waals surface area (Å²) in [6.07, 6.45) is 0. The van der Waals surface area contributed by atoms with Crippen molar-refractivity contribution in [3.63, 3.8) is 0 Å². The number of hydrogen-bond donors (Lipinski definition) is 2. The molecular weight excluding hydrogens is 529 g/mol. The number of hydrogen-bond acceptors (Lipinski definition) is 2. The second-order valence-electron chi connectivity index (χ2n) is 5.12. The fourth-order valence-corrected chi connectivity index (χ4v) is 2.42. The smallest absolute Gasteiger partial charge is 0.506 e. The van der Waals surface area contributed by atoms with Crippen molar-refractivity contribution in [1.82, 2.24) is 0 Å². The Bertz CT molecular complexity index is 785. The summed E-state index contributed by atoms with van der Waals surface area (Å²) in [6, 6.07) is 29.0. The van der Waals surface area contributed by atoms with Crippen LogP contribution >= 0.6 is 46.4 Å². The van der Waals surface area contributed by atoms with Crippen molar-refractivity contribution in [3.8, 4) is 11.5 Å². The molecule has 2 nitrogen and oxygen atoms in total. The van der Waals surface area contributed by atoms with E-state index in [4.69, 9.17) is 56.6 Å². The normalized spacial score (nSPS) is 8.69. The minimum Gasteiger partial charge on any atom is -0.506 e. The summed E-state index contributed by atoms with van der Waals surface area (Å²) in [4.78, 5) is 0. The minimum absolute atomic E-state index is 0. The summed E-state index contributed by atoms with van der Waals surface area (Å²) < 4.78 is 0. The molecule has 4 aromatic carbocycles. The summed E-state index contributed by atoms with van der Waals surface area (Å²) in [5.74, 6) is 0.113. The van der Waals surface area contributed by atoms with Gasteiger partial charge < -0.3 is 10.2 Å².